The van der Waals surface area contributed by atoms with Crippen LogP contribution < -0.4 is 0 Å². The van der Waals surface area contributed by atoms with Gasteiger partial charge in [-0.05, 0) is 117 Å². The zero-order valence-electron chi connectivity index (χ0n) is 54.5. The van der Waals surface area contributed by atoms with Gasteiger partial charge in [-0.3, -0.25) is 0 Å². The maximum atomic E-state index is 2.59. The van der Waals surface area contributed by atoms with Gasteiger partial charge in [-0.1, -0.05) is 360 Å². The third-order valence-electron chi connectivity index (χ3n) is 16.9. The molecule has 0 fully saturated rings. The highest BCUT2D eigenvalue weighted by Crippen LogP contribution is 2.17. The molecule has 0 radical (unpaired) electrons. The molecule has 0 saturated heterocycles. The van der Waals surface area contributed by atoms with E-state index in [0.717, 1.165) is 0 Å². The number of hydrogen-bond donors (Lipinski definition) is 0. The van der Waals surface area contributed by atoms with E-state index in [1.807, 2.05) is 0 Å². The summed E-state index contributed by atoms with van der Waals surface area (Å²) in [5, 5.41) is 0. The van der Waals surface area contributed by atoms with Crippen LogP contribution in [0.3, 0.4) is 0 Å². The molecule has 0 spiro atoms. The second kappa shape index (κ2) is 74.4. The minimum Gasteiger partial charge on any atom is -0.306 e. The van der Waals surface area contributed by atoms with E-state index in [9.17, 15) is 0 Å². The first-order chi connectivity index (χ1) is 37.6. The number of allylic oxidation sites excluding steroid dienone is 4. The quantitative estimate of drug-likeness (QED) is 0.0442. The van der Waals surface area contributed by atoms with Gasteiger partial charge < -0.3 is 9.80 Å². The van der Waals surface area contributed by atoms with Gasteiger partial charge in [0.05, 0.1) is 0 Å². The highest BCUT2D eigenvalue weighted by molar-refractivity contribution is 4.82. The van der Waals surface area contributed by atoms with Gasteiger partial charge in [-0.15, -0.1) is 0 Å². The molecule has 0 aromatic rings. The van der Waals surface area contributed by atoms with Crippen LogP contribution in [-0.2, 0) is 0 Å². The maximum absolute atomic E-state index is 2.59. The monoisotopic (exact) mass is 1070 g/mol. The summed E-state index contributed by atoms with van der Waals surface area (Å²) in [6.45, 7) is 14.4. The van der Waals surface area contributed by atoms with Crippen LogP contribution in [0, 0.1) is 0 Å². The van der Waals surface area contributed by atoms with E-state index in [0.29, 0.717) is 0 Å². The minimum atomic E-state index is 1.30. The summed E-state index contributed by atoms with van der Waals surface area (Å²) in [5.41, 5.74) is 0. The molecule has 2 nitrogen and oxygen atoms in total. The SMILES string of the molecule is CCCCCCCC/C=C\CCCCCCCCN(C)CCCCCCCC/C=C\CCCCCCCC.CCCCCCCCCCCCCCCCCCN(C)CCCCCCCCCCCCCCCCCC. The Morgan fingerprint density at radius 3 is 0.421 bits per heavy atom. The zero-order valence-corrected chi connectivity index (χ0v) is 54.5. The van der Waals surface area contributed by atoms with Crippen LogP contribution >= 0.6 is 0 Å². The number of rotatable bonds is 66. The standard InChI is InChI=1S/C37H77N.C37H73N/c2*1-4-6-8-10-12-14-16-18-20-22-24-26-28-30-32-34-36-38(3)37-35-33-31-29-27-25-23-21-19-17-15-13-11-9-7-5-2/h4-37H2,1-3H3;18-21H,4-17,22-37H2,1-3H3/b;20-18-,21-19-. The van der Waals surface area contributed by atoms with Gasteiger partial charge in [0.2, 0.25) is 0 Å². The third kappa shape index (κ3) is 75.5. The van der Waals surface area contributed by atoms with E-state index in [1.165, 1.54) is 411 Å². The molecule has 0 aromatic heterocycles. The average molecular weight is 1070 g/mol. The molecule has 0 heterocycles. The molecule has 0 amide bonds. The summed E-state index contributed by atoms with van der Waals surface area (Å²) in [6, 6.07) is 0. The van der Waals surface area contributed by atoms with Gasteiger partial charge in [-0.2, -0.15) is 0 Å². The molecular formula is C74H150N2. The summed E-state index contributed by atoms with van der Waals surface area (Å²) < 4.78 is 0. The smallest absolute Gasteiger partial charge is 0.00218 e. The van der Waals surface area contributed by atoms with E-state index < -0.39 is 0 Å². The summed E-state index contributed by atoms with van der Waals surface area (Å²) in [7, 11) is 4.67. The van der Waals surface area contributed by atoms with Crippen LogP contribution in [0.5, 0.6) is 0 Å². The maximum Gasteiger partial charge on any atom is -0.00218 e. The van der Waals surface area contributed by atoms with Crippen molar-refractivity contribution in [1.82, 2.24) is 9.80 Å². The van der Waals surface area contributed by atoms with E-state index in [1.54, 1.807) is 0 Å². The van der Waals surface area contributed by atoms with Crippen molar-refractivity contribution in [2.45, 2.75) is 413 Å². The van der Waals surface area contributed by atoms with Crippen molar-refractivity contribution in [3.8, 4) is 0 Å². The molecule has 76 heavy (non-hydrogen) atoms. The minimum absolute atomic E-state index is 1.30. The van der Waals surface area contributed by atoms with Crippen LogP contribution in [-0.4, -0.2) is 50.1 Å². The molecule has 0 rings (SSSR count). The Hall–Kier alpha value is -0.600. The molecular weight excluding hydrogens is 917 g/mol. The Labute approximate surface area is 485 Å². The first-order valence-electron chi connectivity index (χ1n) is 36.3. The highest BCUT2D eigenvalue weighted by Gasteiger charge is 2.02. The zero-order chi connectivity index (χ0) is 55.2. The lowest BCUT2D eigenvalue weighted by molar-refractivity contribution is 0.314. The largest absolute Gasteiger partial charge is 0.306 e. The molecule has 0 saturated carbocycles. The predicted molar refractivity (Wildman–Crippen MR) is 353 cm³/mol. The average Bonchev–Trinajstić information content (AvgIpc) is 3.42. The fourth-order valence-corrected chi connectivity index (χ4v) is 11.3. The van der Waals surface area contributed by atoms with Crippen molar-refractivity contribution >= 4 is 0 Å². The lowest BCUT2D eigenvalue weighted by atomic mass is 10.0. The molecule has 0 aliphatic heterocycles. The summed E-state index contributed by atoms with van der Waals surface area (Å²) in [5.74, 6) is 0. The first kappa shape index (κ1) is 77.5. The van der Waals surface area contributed by atoms with Crippen LogP contribution in [0.2, 0.25) is 0 Å². The van der Waals surface area contributed by atoms with E-state index in [2.05, 4.69) is 75.9 Å². The molecule has 0 aliphatic carbocycles. The van der Waals surface area contributed by atoms with Crippen molar-refractivity contribution in [3.05, 3.63) is 24.3 Å². The van der Waals surface area contributed by atoms with Gasteiger partial charge in [0.15, 0.2) is 0 Å². The van der Waals surface area contributed by atoms with Gasteiger partial charge in [0.1, 0.15) is 0 Å². The summed E-state index contributed by atoms with van der Waals surface area (Å²) in [4.78, 5) is 5.16. The van der Waals surface area contributed by atoms with Gasteiger partial charge >= 0.3 is 0 Å². The second-order valence-corrected chi connectivity index (χ2v) is 25.1. The fourth-order valence-electron chi connectivity index (χ4n) is 11.3. The van der Waals surface area contributed by atoms with Crippen LogP contribution in [0.4, 0.5) is 0 Å². The van der Waals surface area contributed by atoms with E-state index >= 15 is 0 Å². The molecule has 0 unspecified atom stereocenters. The van der Waals surface area contributed by atoms with Crippen molar-refractivity contribution in [3.63, 3.8) is 0 Å². The molecule has 0 aromatic carbocycles. The number of unbranched alkanes of at least 4 members (excludes halogenated alkanes) is 54. The van der Waals surface area contributed by atoms with Crippen LogP contribution in [0.25, 0.3) is 0 Å². The van der Waals surface area contributed by atoms with Crippen LogP contribution in [0.1, 0.15) is 413 Å². The summed E-state index contributed by atoms with van der Waals surface area (Å²) >= 11 is 0. The molecule has 0 atom stereocenters. The Morgan fingerprint density at radius 1 is 0.158 bits per heavy atom. The third-order valence-corrected chi connectivity index (χ3v) is 16.9. The van der Waals surface area contributed by atoms with Gasteiger partial charge in [-0.25, -0.2) is 0 Å². The molecule has 456 valence electrons. The van der Waals surface area contributed by atoms with Crippen molar-refractivity contribution in [2.75, 3.05) is 40.3 Å². The lowest BCUT2D eigenvalue weighted by Crippen LogP contribution is -2.20. The topological polar surface area (TPSA) is 6.48 Å². The van der Waals surface area contributed by atoms with Gasteiger partial charge in [0.25, 0.3) is 0 Å². The van der Waals surface area contributed by atoms with E-state index in [-0.39, 0.29) is 0 Å². The molecule has 0 N–H and O–H groups in total. The second-order valence-electron chi connectivity index (χ2n) is 25.1. The Morgan fingerprint density at radius 2 is 0.276 bits per heavy atom. The highest BCUT2D eigenvalue weighted by atomic mass is 15.1. The van der Waals surface area contributed by atoms with Crippen molar-refractivity contribution < 1.29 is 0 Å². The van der Waals surface area contributed by atoms with Crippen LogP contribution in [0.15, 0.2) is 24.3 Å². The molecule has 0 aliphatic rings. The molecule has 2 heteroatoms. The Kier molecular flexibility index (Phi) is 75.8. The van der Waals surface area contributed by atoms with E-state index in [4.69, 9.17) is 0 Å². The Balaban J connectivity index is 0. The predicted octanol–water partition coefficient (Wildman–Crippen LogP) is 26.4. The first-order valence-corrected chi connectivity index (χ1v) is 36.3. The summed E-state index contributed by atoms with van der Waals surface area (Å²) in [6.07, 6.45) is 95.7. The van der Waals surface area contributed by atoms with Crippen molar-refractivity contribution in [2.24, 2.45) is 0 Å². The fraction of sp³-hybridized carbons (Fsp3) is 0.946. The normalized spacial score (nSPS) is 11.9. The molecule has 0 bridgehead atoms. The lowest BCUT2D eigenvalue weighted by Gasteiger charge is -2.16. The van der Waals surface area contributed by atoms with Crippen molar-refractivity contribution in [1.29, 1.82) is 0 Å². The number of nitrogens with zero attached hydrogens (tertiary/aromatic N) is 2. The number of hydrogen-bond acceptors (Lipinski definition) is 2. The van der Waals surface area contributed by atoms with Gasteiger partial charge in [0, 0.05) is 0 Å². The Bertz CT molecular complexity index is 939.